The van der Waals surface area contributed by atoms with Crippen molar-refractivity contribution in [1.29, 1.82) is 0 Å². The van der Waals surface area contributed by atoms with Gasteiger partial charge in [-0.15, -0.1) is 13.2 Å². The Bertz CT molecular complexity index is 739. The average molecular weight is 352 g/mol. The summed E-state index contributed by atoms with van der Waals surface area (Å²) in [6.07, 6.45) is 4.61. The van der Waals surface area contributed by atoms with E-state index in [-0.39, 0.29) is 18.4 Å². The fourth-order valence-electron chi connectivity index (χ4n) is 2.00. The van der Waals surface area contributed by atoms with Crippen LogP contribution in [0.2, 0.25) is 10.0 Å². The molecule has 1 heterocycles. The van der Waals surface area contributed by atoms with E-state index in [1.54, 1.807) is 29.2 Å². The molecule has 0 fully saturated rings. The van der Waals surface area contributed by atoms with Gasteiger partial charge in [-0.1, -0.05) is 35.4 Å². The molecule has 0 aliphatic heterocycles. The average Bonchev–Trinajstić information content (AvgIpc) is 2.52. The molecule has 0 saturated heterocycles. The predicted octanol–water partition coefficient (Wildman–Crippen LogP) is 3.52. The first-order chi connectivity index (χ1) is 11.1. The third-order valence-electron chi connectivity index (χ3n) is 3.00. The Morgan fingerprint density at radius 1 is 1.22 bits per heavy atom. The Labute approximate surface area is 144 Å². The van der Waals surface area contributed by atoms with Gasteiger partial charge in [-0.2, -0.15) is 0 Å². The number of carbonyl (C=O) groups excluding carboxylic acids is 1. The van der Waals surface area contributed by atoms with Crippen LogP contribution >= 0.6 is 23.2 Å². The van der Waals surface area contributed by atoms with Crippen LogP contribution in [0.1, 0.15) is 0 Å². The molecule has 5 nitrogen and oxygen atoms in total. The Morgan fingerprint density at radius 3 is 2.57 bits per heavy atom. The van der Waals surface area contributed by atoms with Crippen LogP contribution in [0, 0.1) is 0 Å². The van der Waals surface area contributed by atoms with E-state index in [9.17, 15) is 4.79 Å². The maximum Gasteiger partial charge on any atom is 0.261 e. The van der Waals surface area contributed by atoms with Gasteiger partial charge in [0.05, 0.1) is 15.9 Å². The molecule has 7 heteroatoms. The molecule has 0 saturated carbocycles. The van der Waals surface area contributed by atoms with E-state index < -0.39 is 0 Å². The van der Waals surface area contributed by atoms with Gasteiger partial charge in [0.2, 0.25) is 5.88 Å². The van der Waals surface area contributed by atoms with Crippen molar-refractivity contribution in [3.05, 3.63) is 53.8 Å². The normalized spacial score (nSPS) is 10.3. The minimum atomic E-state index is -0.204. The molecular weight excluding hydrogens is 337 g/mol. The van der Waals surface area contributed by atoms with Crippen LogP contribution in [0.25, 0.3) is 10.9 Å². The van der Waals surface area contributed by atoms with Gasteiger partial charge < -0.3 is 9.64 Å². The second-order valence-corrected chi connectivity index (χ2v) is 5.47. The van der Waals surface area contributed by atoms with Crippen molar-refractivity contribution in [2.45, 2.75) is 0 Å². The van der Waals surface area contributed by atoms with E-state index in [1.165, 1.54) is 6.33 Å². The van der Waals surface area contributed by atoms with Gasteiger partial charge in [0, 0.05) is 18.1 Å². The van der Waals surface area contributed by atoms with Gasteiger partial charge in [-0.25, -0.2) is 9.97 Å². The minimum absolute atomic E-state index is 0.169. The molecule has 0 radical (unpaired) electrons. The van der Waals surface area contributed by atoms with Crippen LogP contribution in [-0.4, -0.2) is 40.5 Å². The summed E-state index contributed by atoms with van der Waals surface area (Å²) in [4.78, 5) is 21.9. The minimum Gasteiger partial charge on any atom is -0.467 e. The second-order valence-electron chi connectivity index (χ2n) is 4.63. The molecule has 1 amide bonds. The third-order valence-corrected chi connectivity index (χ3v) is 3.51. The molecule has 2 aromatic rings. The molecule has 0 atom stereocenters. The molecule has 0 spiro atoms. The first-order valence-electron chi connectivity index (χ1n) is 6.79. The zero-order valence-electron chi connectivity index (χ0n) is 12.3. The Morgan fingerprint density at radius 2 is 1.91 bits per heavy atom. The number of rotatable bonds is 7. The molecule has 23 heavy (non-hydrogen) atoms. The Kier molecular flexibility index (Phi) is 5.96. The number of hydrogen-bond acceptors (Lipinski definition) is 4. The molecular formula is C16H15Cl2N3O2. The number of nitrogens with zero attached hydrogens (tertiary/aromatic N) is 3. The van der Waals surface area contributed by atoms with Crippen molar-refractivity contribution in [1.82, 2.24) is 14.9 Å². The lowest BCUT2D eigenvalue weighted by Crippen LogP contribution is -2.35. The van der Waals surface area contributed by atoms with Gasteiger partial charge in [0.15, 0.2) is 6.61 Å². The van der Waals surface area contributed by atoms with Crippen LogP contribution in [0.5, 0.6) is 5.88 Å². The summed E-state index contributed by atoms with van der Waals surface area (Å²) in [5, 5.41) is 1.39. The first kappa shape index (κ1) is 17.2. The van der Waals surface area contributed by atoms with Crippen LogP contribution in [0.15, 0.2) is 43.8 Å². The van der Waals surface area contributed by atoms with E-state index >= 15 is 0 Å². The molecule has 120 valence electrons. The summed E-state index contributed by atoms with van der Waals surface area (Å²) in [7, 11) is 0. The molecule has 0 unspecified atom stereocenters. The van der Waals surface area contributed by atoms with Crippen LogP contribution in [0.4, 0.5) is 0 Å². The number of carbonyl (C=O) groups is 1. The number of fused-ring (bicyclic) bond motifs is 1. The van der Waals surface area contributed by atoms with Crippen molar-refractivity contribution in [2.75, 3.05) is 19.7 Å². The fourth-order valence-corrected chi connectivity index (χ4v) is 2.54. The Hall–Kier alpha value is -2.11. The van der Waals surface area contributed by atoms with E-state index in [2.05, 4.69) is 23.1 Å². The number of aromatic nitrogens is 2. The summed E-state index contributed by atoms with van der Waals surface area (Å²) in [6.45, 7) is 7.91. The summed E-state index contributed by atoms with van der Waals surface area (Å²) in [5.74, 6) is 0.0505. The molecule has 0 N–H and O–H groups in total. The number of hydrogen-bond donors (Lipinski definition) is 0. The zero-order valence-corrected chi connectivity index (χ0v) is 13.8. The lowest BCUT2D eigenvalue weighted by Gasteiger charge is -2.19. The smallest absolute Gasteiger partial charge is 0.261 e. The molecule has 0 aliphatic carbocycles. The maximum atomic E-state index is 12.2. The largest absolute Gasteiger partial charge is 0.467 e. The fraction of sp³-hybridized carbons (Fsp3) is 0.188. The molecule has 0 aliphatic rings. The van der Waals surface area contributed by atoms with Crippen LogP contribution < -0.4 is 4.74 Å². The highest BCUT2D eigenvalue weighted by Gasteiger charge is 2.14. The van der Waals surface area contributed by atoms with Gasteiger partial charge in [-0.05, 0) is 12.1 Å². The van der Waals surface area contributed by atoms with Crippen molar-refractivity contribution < 1.29 is 9.53 Å². The van der Waals surface area contributed by atoms with Gasteiger partial charge >= 0.3 is 0 Å². The first-order valence-corrected chi connectivity index (χ1v) is 7.54. The highest BCUT2D eigenvalue weighted by Crippen LogP contribution is 2.30. The van der Waals surface area contributed by atoms with Gasteiger partial charge in [-0.3, -0.25) is 4.79 Å². The summed E-state index contributed by atoms with van der Waals surface area (Å²) < 4.78 is 5.54. The predicted molar refractivity (Wildman–Crippen MR) is 92.0 cm³/mol. The van der Waals surface area contributed by atoms with E-state index in [4.69, 9.17) is 27.9 Å². The highest BCUT2D eigenvalue weighted by atomic mass is 35.5. The van der Waals surface area contributed by atoms with E-state index in [0.717, 1.165) is 0 Å². The van der Waals surface area contributed by atoms with Crippen molar-refractivity contribution in [3.63, 3.8) is 0 Å². The second kappa shape index (κ2) is 7.94. The summed E-state index contributed by atoms with van der Waals surface area (Å²) in [5.41, 5.74) is 0.516. The number of ether oxygens (including phenoxy) is 1. The molecule has 1 aromatic carbocycles. The van der Waals surface area contributed by atoms with Crippen LogP contribution in [0.3, 0.4) is 0 Å². The highest BCUT2D eigenvalue weighted by molar-refractivity contribution is 6.38. The number of halogens is 2. The number of amides is 1. The lowest BCUT2D eigenvalue weighted by atomic mass is 10.2. The molecule has 0 bridgehead atoms. The van der Waals surface area contributed by atoms with Crippen molar-refractivity contribution >= 4 is 40.0 Å². The van der Waals surface area contributed by atoms with Crippen LogP contribution in [-0.2, 0) is 4.79 Å². The maximum absolute atomic E-state index is 12.2. The summed E-state index contributed by atoms with van der Waals surface area (Å²) in [6, 6.07) is 3.23. The monoisotopic (exact) mass is 351 g/mol. The Balaban J connectivity index is 2.20. The lowest BCUT2D eigenvalue weighted by molar-refractivity contribution is -0.132. The van der Waals surface area contributed by atoms with E-state index in [1.807, 2.05) is 0 Å². The summed E-state index contributed by atoms with van der Waals surface area (Å²) >= 11 is 12.1. The topological polar surface area (TPSA) is 55.3 Å². The van der Waals surface area contributed by atoms with Crippen molar-refractivity contribution in [3.8, 4) is 5.88 Å². The standard InChI is InChI=1S/C16H15Cl2N3O2/c1-3-5-21(6-4-2)14(22)9-23-16-12-7-11(17)8-13(18)15(12)19-10-20-16/h3-4,7-8,10H,1-2,5-6,9H2. The molecule has 1 aromatic heterocycles. The van der Waals surface area contributed by atoms with Crippen molar-refractivity contribution in [2.24, 2.45) is 0 Å². The van der Waals surface area contributed by atoms with E-state index in [0.29, 0.717) is 34.0 Å². The molecule has 2 rings (SSSR count). The quantitative estimate of drug-likeness (QED) is 0.716. The zero-order chi connectivity index (χ0) is 16.8. The third kappa shape index (κ3) is 4.21. The SMILES string of the molecule is C=CCN(CC=C)C(=O)COc1ncnc2c(Cl)cc(Cl)cc12. The van der Waals surface area contributed by atoms with Gasteiger partial charge in [0.1, 0.15) is 6.33 Å². The van der Waals surface area contributed by atoms with Gasteiger partial charge in [0.25, 0.3) is 5.91 Å². The number of benzene rings is 1.